The van der Waals surface area contributed by atoms with E-state index in [4.69, 9.17) is 4.74 Å². The summed E-state index contributed by atoms with van der Waals surface area (Å²) in [6.45, 7) is 0.270. The lowest BCUT2D eigenvalue weighted by atomic mass is 9.94. The number of ketones is 2. The van der Waals surface area contributed by atoms with Crippen molar-refractivity contribution in [3.63, 3.8) is 0 Å². The molecule has 0 saturated carbocycles. The van der Waals surface area contributed by atoms with Crippen LogP contribution in [0.1, 0.15) is 20.7 Å². The first kappa shape index (κ1) is 14.6. The van der Waals surface area contributed by atoms with Crippen LogP contribution >= 0.6 is 0 Å². The van der Waals surface area contributed by atoms with Gasteiger partial charge in [-0.15, -0.1) is 0 Å². The molecular formula is C18H17NO3. The minimum Gasteiger partial charge on any atom is -0.353 e. The minimum atomic E-state index is -0.764. The number of likely N-dealkylation sites (N-methyl/N-ethyl adjacent to an activating group) is 1. The van der Waals surface area contributed by atoms with E-state index in [9.17, 15) is 9.59 Å². The van der Waals surface area contributed by atoms with Gasteiger partial charge in [0.1, 0.15) is 18.9 Å². The van der Waals surface area contributed by atoms with E-state index in [-0.39, 0.29) is 18.3 Å². The summed E-state index contributed by atoms with van der Waals surface area (Å²) in [5.74, 6) is -0.242. The second-order valence-corrected chi connectivity index (χ2v) is 5.38. The second-order valence-electron chi connectivity index (χ2n) is 5.38. The largest absolute Gasteiger partial charge is 0.353 e. The van der Waals surface area contributed by atoms with Crippen LogP contribution in [0.3, 0.4) is 0 Å². The summed E-state index contributed by atoms with van der Waals surface area (Å²) in [5, 5.41) is 0. The number of carbonyl (C=O) groups excluding carboxylic acids is 2. The first-order chi connectivity index (χ1) is 10.7. The van der Waals surface area contributed by atoms with Crippen LogP contribution < -0.4 is 0 Å². The van der Waals surface area contributed by atoms with Gasteiger partial charge in [0.05, 0.1) is 0 Å². The van der Waals surface area contributed by atoms with Crippen LogP contribution in [0.4, 0.5) is 0 Å². The molecule has 3 rings (SSSR count). The molecular weight excluding hydrogens is 278 g/mol. The zero-order valence-electron chi connectivity index (χ0n) is 12.3. The van der Waals surface area contributed by atoms with Gasteiger partial charge in [0, 0.05) is 11.1 Å². The number of hydrogen-bond donors (Lipinski definition) is 0. The van der Waals surface area contributed by atoms with Crippen LogP contribution in [-0.4, -0.2) is 42.4 Å². The highest BCUT2D eigenvalue weighted by molar-refractivity contribution is 6.08. The predicted octanol–water partition coefficient (Wildman–Crippen LogP) is 2.41. The number of rotatable bonds is 4. The molecule has 1 aliphatic heterocycles. The van der Waals surface area contributed by atoms with Crippen molar-refractivity contribution in [1.29, 1.82) is 0 Å². The molecule has 4 heteroatoms. The number of hydrogen-bond acceptors (Lipinski definition) is 4. The van der Waals surface area contributed by atoms with Crippen molar-refractivity contribution in [3.8, 4) is 0 Å². The molecule has 22 heavy (non-hydrogen) atoms. The number of ether oxygens (including phenoxy) is 1. The van der Waals surface area contributed by atoms with E-state index < -0.39 is 12.1 Å². The lowest BCUT2D eigenvalue weighted by Gasteiger charge is -2.20. The molecule has 2 aromatic carbocycles. The first-order valence-electron chi connectivity index (χ1n) is 7.19. The lowest BCUT2D eigenvalue weighted by Crippen LogP contribution is -2.43. The lowest BCUT2D eigenvalue weighted by molar-refractivity contribution is 0.0579. The monoisotopic (exact) mass is 295 g/mol. The molecule has 1 aliphatic rings. The third kappa shape index (κ3) is 2.71. The maximum absolute atomic E-state index is 12.7. The molecule has 112 valence electrons. The SMILES string of the molecule is CN1CO[C@@H](C(=O)c2ccccc2)[C@@H]1C(=O)c1ccccc1. The fraction of sp³-hybridized carbons (Fsp3) is 0.222. The smallest absolute Gasteiger partial charge is 0.193 e. The van der Waals surface area contributed by atoms with Crippen LogP contribution in [0, 0.1) is 0 Å². The summed E-state index contributed by atoms with van der Waals surface area (Å²) >= 11 is 0. The molecule has 1 heterocycles. The van der Waals surface area contributed by atoms with Crippen molar-refractivity contribution in [2.45, 2.75) is 12.1 Å². The Morgan fingerprint density at radius 3 is 1.95 bits per heavy atom. The third-order valence-corrected chi connectivity index (χ3v) is 3.86. The van der Waals surface area contributed by atoms with Gasteiger partial charge in [-0.25, -0.2) is 0 Å². The Morgan fingerprint density at radius 1 is 0.909 bits per heavy atom. The Bertz CT molecular complexity index is 669. The van der Waals surface area contributed by atoms with Crippen molar-refractivity contribution in [2.24, 2.45) is 0 Å². The van der Waals surface area contributed by atoms with Crippen molar-refractivity contribution in [1.82, 2.24) is 4.90 Å². The van der Waals surface area contributed by atoms with Gasteiger partial charge in [0.25, 0.3) is 0 Å². The molecule has 0 unspecified atom stereocenters. The van der Waals surface area contributed by atoms with Gasteiger partial charge < -0.3 is 4.74 Å². The molecule has 2 atom stereocenters. The molecule has 0 bridgehead atoms. The average molecular weight is 295 g/mol. The number of benzene rings is 2. The van der Waals surface area contributed by atoms with Crippen molar-refractivity contribution < 1.29 is 14.3 Å². The summed E-state index contributed by atoms with van der Waals surface area (Å²) in [7, 11) is 1.80. The molecule has 1 fully saturated rings. The van der Waals surface area contributed by atoms with Gasteiger partial charge in [-0.05, 0) is 7.05 Å². The van der Waals surface area contributed by atoms with Gasteiger partial charge in [-0.2, -0.15) is 0 Å². The van der Waals surface area contributed by atoms with Crippen molar-refractivity contribution in [3.05, 3.63) is 71.8 Å². The van der Waals surface area contributed by atoms with E-state index in [1.54, 1.807) is 48.3 Å². The van der Waals surface area contributed by atoms with Crippen LogP contribution in [0.5, 0.6) is 0 Å². The molecule has 2 aromatic rings. The Hall–Kier alpha value is -2.30. The number of carbonyl (C=O) groups is 2. The van der Waals surface area contributed by atoms with Crippen LogP contribution in [0.25, 0.3) is 0 Å². The molecule has 0 aliphatic carbocycles. The number of nitrogens with zero attached hydrogens (tertiary/aromatic N) is 1. The Morgan fingerprint density at radius 2 is 1.41 bits per heavy atom. The fourth-order valence-electron chi connectivity index (χ4n) is 2.70. The van der Waals surface area contributed by atoms with Gasteiger partial charge in [0.2, 0.25) is 0 Å². The summed E-state index contributed by atoms with van der Waals surface area (Å²) in [6, 6.07) is 17.4. The van der Waals surface area contributed by atoms with E-state index >= 15 is 0 Å². The molecule has 4 nitrogen and oxygen atoms in total. The van der Waals surface area contributed by atoms with Gasteiger partial charge in [-0.3, -0.25) is 14.5 Å². The standard InChI is InChI=1S/C18H17NO3/c1-19-12-22-18(17(21)14-10-6-3-7-11-14)15(19)16(20)13-8-4-2-5-9-13/h2-11,15,18H,12H2,1H3/t15-,18+/m0/s1. The molecule has 0 radical (unpaired) electrons. The number of Topliss-reactive ketones (excluding diaryl/α,β-unsaturated/α-hetero) is 2. The summed E-state index contributed by atoms with van der Waals surface area (Å²) in [6.07, 6.45) is -0.764. The van der Waals surface area contributed by atoms with Crippen molar-refractivity contribution >= 4 is 11.6 Å². The zero-order chi connectivity index (χ0) is 15.5. The van der Waals surface area contributed by atoms with E-state index in [1.165, 1.54) is 0 Å². The summed E-state index contributed by atoms with van der Waals surface area (Å²) in [5.41, 5.74) is 1.16. The van der Waals surface area contributed by atoms with Crippen LogP contribution in [0.15, 0.2) is 60.7 Å². The van der Waals surface area contributed by atoms with Crippen molar-refractivity contribution in [2.75, 3.05) is 13.8 Å². The van der Waals surface area contributed by atoms with Gasteiger partial charge >= 0.3 is 0 Å². The van der Waals surface area contributed by atoms with Crippen LogP contribution in [0.2, 0.25) is 0 Å². The topological polar surface area (TPSA) is 46.6 Å². The first-order valence-corrected chi connectivity index (χ1v) is 7.19. The predicted molar refractivity (Wildman–Crippen MR) is 82.8 cm³/mol. The molecule has 0 N–H and O–H groups in total. The van der Waals surface area contributed by atoms with E-state index in [0.29, 0.717) is 11.1 Å². The Kier molecular flexibility index (Phi) is 4.13. The third-order valence-electron chi connectivity index (χ3n) is 3.86. The Balaban J connectivity index is 1.88. The Labute approximate surface area is 129 Å². The maximum Gasteiger partial charge on any atom is 0.193 e. The average Bonchev–Trinajstić information content (AvgIpc) is 2.96. The van der Waals surface area contributed by atoms with E-state index in [0.717, 1.165) is 0 Å². The highest BCUT2D eigenvalue weighted by atomic mass is 16.5. The highest BCUT2D eigenvalue weighted by Crippen LogP contribution is 2.23. The van der Waals surface area contributed by atoms with E-state index in [1.807, 2.05) is 24.3 Å². The summed E-state index contributed by atoms with van der Waals surface area (Å²) in [4.78, 5) is 27.1. The van der Waals surface area contributed by atoms with Gasteiger partial charge in [-0.1, -0.05) is 60.7 Å². The van der Waals surface area contributed by atoms with E-state index in [2.05, 4.69) is 0 Å². The minimum absolute atomic E-state index is 0.0881. The molecule has 0 amide bonds. The van der Waals surface area contributed by atoms with Crippen LogP contribution in [-0.2, 0) is 4.74 Å². The second kappa shape index (κ2) is 6.22. The normalized spacial score (nSPS) is 21.7. The molecule has 0 aromatic heterocycles. The van der Waals surface area contributed by atoms with Gasteiger partial charge in [0.15, 0.2) is 11.6 Å². The molecule has 1 saturated heterocycles. The summed E-state index contributed by atoms with van der Waals surface area (Å²) < 4.78 is 5.59. The fourth-order valence-corrected chi connectivity index (χ4v) is 2.70. The maximum atomic E-state index is 12.7. The zero-order valence-corrected chi connectivity index (χ0v) is 12.3. The quantitative estimate of drug-likeness (QED) is 0.813. The molecule has 0 spiro atoms. The highest BCUT2D eigenvalue weighted by Gasteiger charge is 2.43.